The summed E-state index contributed by atoms with van der Waals surface area (Å²) in [5, 5.41) is 10.6. The molecule has 0 saturated carbocycles. The van der Waals surface area contributed by atoms with Crippen LogP contribution in [0.5, 0.6) is 0 Å². The van der Waals surface area contributed by atoms with Gasteiger partial charge in [0.25, 0.3) is 0 Å². The van der Waals surface area contributed by atoms with Gasteiger partial charge in [-0.25, -0.2) is 9.13 Å². The second-order valence-corrected chi connectivity index (χ2v) is 28.8. The van der Waals surface area contributed by atoms with Crippen molar-refractivity contribution in [3.05, 3.63) is 85.1 Å². The van der Waals surface area contributed by atoms with Gasteiger partial charge in [0.1, 0.15) is 19.3 Å². The number of unbranched alkanes of at least 4 members (excludes halogenated alkanes) is 33. The average molecular weight is 1420 g/mol. The van der Waals surface area contributed by atoms with Crippen molar-refractivity contribution in [3.63, 3.8) is 0 Å². The summed E-state index contributed by atoms with van der Waals surface area (Å²) in [6, 6.07) is 0. The number of hydrogen-bond donors (Lipinski definition) is 3. The van der Waals surface area contributed by atoms with Gasteiger partial charge in [0.15, 0.2) is 12.2 Å². The lowest BCUT2D eigenvalue weighted by molar-refractivity contribution is -0.161. The average Bonchev–Trinajstić information content (AvgIpc) is 0.986. The predicted molar refractivity (Wildman–Crippen MR) is 399 cm³/mol. The van der Waals surface area contributed by atoms with Gasteiger partial charge < -0.3 is 33.8 Å². The maximum atomic E-state index is 13.1. The van der Waals surface area contributed by atoms with Crippen molar-refractivity contribution in [2.24, 2.45) is 0 Å². The smallest absolute Gasteiger partial charge is 0.462 e. The van der Waals surface area contributed by atoms with Crippen LogP contribution in [0.2, 0.25) is 0 Å². The minimum Gasteiger partial charge on any atom is -0.462 e. The number of aliphatic hydroxyl groups excluding tert-OH is 1. The van der Waals surface area contributed by atoms with Crippen molar-refractivity contribution in [1.29, 1.82) is 0 Å². The molecule has 0 amide bonds. The minimum atomic E-state index is -4.98. The second kappa shape index (κ2) is 71.6. The SMILES string of the molecule is CC/C=C\C/C=C\C/C=C\C/C=C\C/C=C\CCCC(=O)OCC(COP(=O)(O)OCC(O)COP(=O)(O)OCC(COC(=O)CCCCCCC/C=C\CCCCCCCC)OC(=O)CCCCCCC/C=C\CCCC)OC(=O)CCCCCCCCCCCCCCCCC. The highest BCUT2D eigenvalue weighted by atomic mass is 31.2. The minimum absolute atomic E-state index is 0.0838. The number of ether oxygens (including phenoxy) is 4. The number of rotatable bonds is 73. The molecule has 0 spiro atoms. The highest BCUT2D eigenvalue weighted by Crippen LogP contribution is 2.45. The maximum absolute atomic E-state index is 13.1. The topological polar surface area (TPSA) is 237 Å². The van der Waals surface area contributed by atoms with Crippen molar-refractivity contribution < 1.29 is 80.2 Å². The molecular weight excluding hydrogens is 1280 g/mol. The molecule has 0 aliphatic heterocycles. The van der Waals surface area contributed by atoms with E-state index in [2.05, 4.69) is 101 Å². The van der Waals surface area contributed by atoms with Crippen molar-refractivity contribution >= 4 is 39.5 Å². The molecule has 0 aliphatic carbocycles. The summed E-state index contributed by atoms with van der Waals surface area (Å²) < 4.78 is 68.4. The molecule has 0 aromatic heterocycles. The molecule has 0 aromatic carbocycles. The molecule has 0 bridgehead atoms. The fraction of sp³-hybridized carbons (Fsp3) is 0.772. The van der Waals surface area contributed by atoms with Gasteiger partial charge in [-0.3, -0.25) is 37.3 Å². The zero-order valence-corrected chi connectivity index (χ0v) is 63.7. The van der Waals surface area contributed by atoms with Crippen LogP contribution in [-0.2, 0) is 65.4 Å². The van der Waals surface area contributed by atoms with E-state index in [0.29, 0.717) is 32.1 Å². The number of esters is 4. The Kier molecular flexibility index (Phi) is 68.9. The Morgan fingerprint density at radius 3 is 0.898 bits per heavy atom. The third kappa shape index (κ3) is 70.7. The van der Waals surface area contributed by atoms with Crippen LogP contribution in [0.3, 0.4) is 0 Å². The molecule has 0 fully saturated rings. The number of phosphoric acid groups is 2. The molecule has 17 nitrogen and oxygen atoms in total. The number of carbonyl (C=O) groups excluding carboxylic acids is 4. The quantitative estimate of drug-likeness (QED) is 0.0169. The summed E-state index contributed by atoms with van der Waals surface area (Å²) in [6.07, 6.45) is 73.0. The monoisotopic (exact) mass is 1420 g/mol. The second-order valence-electron chi connectivity index (χ2n) is 25.9. The van der Waals surface area contributed by atoms with Crippen molar-refractivity contribution in [1.82, 2.24) is 0 Å². The molecule has 5 unspecified atom stereocenters. The standard InChI is InChI=1S/C79H140O17P2/c1-5-9-13-17-21-25-29-32-35-36-39-41-45-48-52-56-60-64-77(82)90-70-75(96-79(84)66-62-58-54-50-46-42-38-34-31-27-23-19-15-11-7-3)72-94-98(87,88)92-68-73(80)67-91-97(85,86)93-71-74(95-78(83)65-61-57-53-49-43-28-24-20-16-12-8-4)69-89-76(81)63-59-55-51-47-44-40-37-33-30-26-22-18-14-10-6-2/h9,13,20-21,24-25,32-33,35,37,39,41,48,52,73-75,80H,5-8,10-12,14-19,22-23,26-31,34,36,38,40,42-47,49-51,53-72H2,1-4H3,(H,85,86)(H,87,88)/b13-9-,24-20-,25-21-,35-32-,37-33-,41-39-,52-48-. The van der Waals surface area contributed by atoms with E-state index in [1.807, 2.05) is 12.2 Å². The number of aliphatic hydroxyl groups is 1. The van der Waals surface area contributed by atoms with Crippen molar-refractivity contribution in [2.45, 2.75) is 354 Å². The lowest BCUT2D eigenvalue weighted by Gasteiger charge is -2.21. The van der Waals surface area contributed by atoms with E-state index in [1.165, 1.54) is 116 Å². The van der Waals surface area contributed by atoms with Gasteiger partial charge in [0, 0.05) is 25.7 Å². The number of phosphoric ester groups is 2. The molecule has 0 radical (unpaired) electrons. The first-order chi connectivity index (χ1) is 47.7. The summed E-state index contributed by atoms with van der Waals surface area (Å²) in [5.41, 5.74) is 0. The van der Waals surface area contributed by atoms with Gasteiger partial charge in [0.2, 0.25) is 0 Å². The van der Waals surface area contributed by atoms with Gasteiger partial charge in [-0.15, -0.1) is 0 Å². The molecule has 0 heterocycles. The van der Waals surface area contributed by atoms with Crippen LogP contribution in [0.4, 0.5) is 0 Å². The first-order valence-corrected chi connectivity index (χ1v) is 41.8. The predicted octanol–water partition coefficient (Wildman–Crippen LogP) is 22.2. The molecule has 0 rings (SSSR count). The van der Waals surface area contributed by atoms with E-state index >= 15 is 0 Å². The number of carbonyl (C=O) groups is 4. The normalized spacial score (nSPS) is 14.4. The van der Waals surface area contributed by atoms with Gasteiger partial charge in [0.05, 0.1) is 26.4 Å². The zero-order chi connectivity index (χ0) is 71.8. The summed E-state index contributed by atoms with van der Waals surface area (Å²) in [5.74, 6) is -2.24. The lowest BCUT2D eigenvalue weighted by Crippen LogP contribution is -2.30. The van der Waals surface area contributed by atoms with E-state index < -0.39 is 97.5 Å². The van der Waals surface area contributed by atoms with Crippen molar-refractivity contribution in [2.75, 3.05) is 39.6 Å². The molecule has 3 N–H and O–H groups in total. The van der Waals surface area contributed by atoms with Crippen LogP contribution in [-0.4, -0.2) is 96.7 Å². The highest BCUT2D eigenvalue weighted by molar-refractivity contribution is 7.47. The van der Waals surface area contributed by atoms with Crippen LogP contribution in [0.15, 0.2) is 85.1 Å². The van der Waals surface area contributed by atoms with Crippen LogP contribution in [0.1, 0.15) is 336 Å². The van der Waals surface area contributed by atoms with Crippen LogP contribution < -0.4 is 0 Å². The zero-order valence-electron chi connectivity index (χ0n) is 62.0. The molecule has 98 heavy (non-hydrogen) atoms. The lowest BCUT2D eigenvalue weighted by atomic mass is 10.0. The number of hydrogen-bond acceptors (Lipinski definition) is 15. The molecular formula is C79H140O17P2. The Bertz CT molecular complexity index is 2190. The summed E-state index contributed by atoms with van der Waals surface area (Å²) in [7, 11) is -9.96. The molecule has 0 saturated heterocycles. The highest BCUT2D eigenvalue weighted by Gasteiger charge is 2.30. The maximum Gasteiger partial charge on any atom is 0.472 e. The Labute approximate surface area is 595 Å². The van der Waals surface area contributed by atoms with Gasteiger partial charge >= 0.3 is 39.5 Å². The van der Waals surface area contributed by atoms with Crippen LogP contribution in [0, 0.1) is 0 Å². The Balaban J connectivity index is 5.36. The Morgan fingerprint density at radius 2 is 0.551 bits per heavy atom. The summed E-state index contributed by atoms with van der Waals surface area (Å²) >= 11 is 0. The van der Waals surface area contributed by atoms with E-state index in [4.69, 9.17) is 37.0 Å². The molecule has 568 valence electrons. The van der Waals surface area contributed by atoms with Crippen molar-refractivity contribution in [3.8, 4) is 0 Å². The molecule has 5 atom stereocenters. The Hall–Kier alpha value is -3.76. The largest absolute Gasteiger partial charge is 0.472 e. The van der Waals surface area contributed by atoms with E-state index in [1.54, 1.807) is 0 Å². The van der Waals surface area contributed by atoms with Gasteiger partial charge in [-0.05, 0) is 109 Å². The fourth-order valence-electron chi connectivity index (χ4n) is 10.4. The van der Waals surface area contributed by atoms with Crippen LogP contribution >= 0.6 is 15.6 Å². The summed E-state index contributed by atoms with van der Waals surface area (Å²) in [6.45, 7) is 4.67. The van der Waals surface area contributed by atoms with E-state index in [-0.39, 0.29) is 25.7 Å². The molecule has 0 aromatic rings. The van der Waals surface area contributed by atoms with E-state index in [9.17, 15) is 43.2 Å². The Morgan fingerprint density at radius 1 is 0.296 bits per heavy atom. The number of allylic oxidation sites excluding steroid dienone is 14. The third-order valence-electron chi connectivity index (χ3n) is 16.3. The van der Waals surface area contributed by atoms with Gasteiger partial charge in [-0.1, -0.05) is 286 Å². The molecule has 0 aliphatic rings. The summed E-state index contributed by atoms with van der Waals surface area (Å²) in [4.78, 5) is 72.8. The van der Waals surface area contributed by atoms with E-state index in [0.717, 1.165) is 135 Å². The fourth-order valence-corrected chi connectivity index (χ4v) is 12.0. The van der Waals surface area contributed by atoms with Crippen LogP contribution in [0.25, 0.3) is 0 Å². The third-order valence-corrected chi connectivity index (χ3v) is 18.2. The first kappa shape index (κ1) is 94.2. The molecule has 19 heteroatoms. The first-order valence-electron chi connectivity index (χ1n) is 38.8. The van der Waals surface area contributed by atoms with Gasteiger partial charge in [-0.2, -0.15) is 0 Å².